The number of alkyl halides is 3. The summed E-state index contributed by atoms with van der Waals surface area (Å²) in [6.07, 6.45) is -5.61. The van der Waals surface area contributed by atoms with Gasteiger partial charge in [0.25, 0.3) is 0 Å². The molecule has 23 heavy (non-hydrogen) atoms. The Bertz CT molecular complexity index is 572. The smallest absolute Gasteiger partial charge is 0.416 e. The Kier molecular flexibility index (Phi) is 5.12. The zero-order valence-electron chi connectivity index (χ0n) is 12.5. The number of imide groups is 1. The van der Waals surface area contributed by atoms with Crippen molar-refractivity contribution in [1.29, 1.82) is 0 Å². The Morgan fingerprint density at radius 1 is 1.35 bits per heavy atom. The fourth-order valence-corrected chi connectivity index (χ4v) is 2.19. The van der Waals surface area contributed by atoms with Gasteiger partial charge in [0.15, 0.2) is 0 Å². The van der Waals surface area contributed by atoms with Gasteiger partial charge in [0.1, 0.15) is 12.6 Å². The lowest BCUT2D eigenvalue weighted by Crippen LogP contribution is -2.42. The van der Waals surface area contributed by atoms with Crippen LogP contribution in [0.25, 0.3) is 0 Å². The Balaban J connectivity index is 2.07. The summed E-state index contributed by atoms with van der Waals surface area (Å²) in [4.78, 5) is 23.8. The number of anilines is 1. The molecule has 0 aliphatic carbocycles. The minimum atomic E-state index is -4.62. The van der Waals surface area contributed by atoms with Crippen LogP contribution in [0.15, 0.2) is 24.3 Å². The van der Waals surface area contributed by atoms with Crippen molar-refractivity contribution < 1.29 is 27.5 Å². The van der Waals surface area contributed by atoms with E-state index < -0.39 is 30.6 Å². The number of aryl methyl sites for hydroxylation is 1. The Morgan fingerprint density at radius 3 is 2.48 bits per heavy atom. The van der Waals surface area contributed by atoms with E-state index in [-0.39, 0.29) is 18.8 Å². The minimum absolute atomic E-state index is 0.00711. The summed E-state index contributed by atoms with van der Waals surface area (Å²) < 4.78 is 44.0. The zero-order chi connectivity index (χ0) is 17.0. The molecule has 0 aromatic heterocycles. The Labute approximate surface area is 131 Å². The topological polar surface area (TPSA) is 58.6 Å². The molecule has 1 heterocycles. The van der Waals surface area contributed by atoms with Crippen LogP contribution in [0.3, 0.4) is 0 Å². The fraction of sp³-hybridized carbons (Fsp3) is 0.467. The maximum Gasteiger partial charge on any atom is 0.416 e. The molecule has 2 amide bonds. The number of hydrogen-bond donors (Lipinski definition) is 1. The molecule has 1 atom stereocenters. The molecule has 1 aromatic rings. The third-order valence-electron chi connectivity index (χ3n) is 3.54. The standard InChI is InChI=1S/C15H17F3N2O3/c1-2-10-3-5-11(6-4-10)19-12(15(16,17)18)9-13(21)20-7-8-23-14(20)22/h3-6,12,19H,2,7-9H2,1H3/t12-/m0/s1. The second-order valence-electron chi connectivity index (χ2n) is 5.15. The number of carbonyl (C=O) groups is 2. The second-order valence-corrected chi connectivity index (χ2v) is 5.15. The number of nitrogens with zero attached hydrogens (tertiary/aromatic N) is 1. The summed E-state index contributed by atoms with van der Waals surface area (Å²) in [5, 5.41) is 2.31. The van der Waals surface area contributed by atoms with Gasteiger partial charge in [0.2, 0.25) is 5.91 Å². The van der Waals surface area contributed by atoms with Gasteiger partial charge in [-0.2, -0.15) is 13.2 Å². The van der Waals surface area contributed by atoms with E-state index in [4.69, 9.17) is 0 Å². The zero-order valence-corrected chi connectivity index (χ0v) is 12.5. The molecule has 126 valence electrons. The van der Waals surface area contributed by atoms with Crippen LogP contribution >= 0.6 is 0 Å². The molecule has 1 fully saturated rings. The van der Waals surface area contributed by atoms with Gasteiger partial charge in [-0.3, -0.25) is 4.79 Å². The Morgan fingerprint density at radius 2 is 2.00 bits per heavy atom. The molecule has 1 aromatic carbocycles. The molecule has 0 radical (unpaired) electrons. The Hall–Kier alpha value is -2.25. The first-order valence-electron chi connectivity index (χ1n) is 7.20. The van der Waals surface area contributed by atoms with Crippen LogP contribution in [-0.4, -0.2) is 42.3 Å². The van der Waals surface area contributed by atoms with E-state index in [2.05, 4.69) is 10.1 Å². The van der Waals surface area contributed by atoms with Crippen molar-refractivity contribution in [2.45, 2.75) is 32.0 Å². The highest BCUT2D eigenvalue weighted by atomic mass is 19.4. The lowest BCUT2D eigenvalue weighted by atomic mass is 10.1. The highest BCUT2D eigenvalue weighted by molar-refractivity contribution is 5.93. The highest BCUT2D eigenvalue weighted by Crippen LogP contribution is 2.27. The highest BCUT2D eigenvalue weighted by Gasteiger charge is 2.43. The number of carbonyl (C=O) groups excluding carboxylic acids is 2. The van der Waals surface area contributed by atoms with E-state index in [0.29, 0.717) is 4.90 Å². The maximum atomic E-state index is 13.1. The first-order chi connectivity index (χ1) is 10.8. The van der Waals surface area contributed by atoms with E-state index in [1.165, 1.54) is 12.1 Å². The third-order valence-corrected chi connectivity index (χ3v) is 3.54. The molecule has 1 saturated heterocycles. The van der Waals surface area contributed by atoms with Gasteiger partial charge in [0, 0.05) is 5.69 Å². The summed E-state index contributed by atoms with van der Waals surface area (Å²) in [7, 11) is 0. The van der Waals surface area contributed by atoms with Crippen LogP contribution in [0.2, 0.25) is 0 Å². The molecule has 0 saturated carbocycles. The maximum absolute atomic E-state index is 13.1. The quantitative estimate of drug-likeness (QED) is 0.902. The van der Waals surface area contributed by atoms with Gasteiger partial charge in [-0.25, -0.2) is 9.69 Å². The van der Waals surface area contributed by atoms with Gasteiger partial charge < -0.3 is 10.1 Å². The molecule has 1 aliphatic heterocycles. The molecule has 0 bridgehead atoms. The van der Waals surface area contributed by atoms with Crippen molar-refractivity contribution in [3.63, 3.8) is 0 Å². The van der Waals surface area contributed by atoms with Crippen LogP contribution in [0.4, 0.5) is 23.7 Å². The number of ether oxygens (including phenoxy) is 1. The fourth-order valence-electron chi connectivity index (χ4n) is 2.19. The van der Waals surface area contributed by atoms with Crippen molar-refractivity contribution >= 4 is 17.7 Å². The van der Waals surface area contributed by atoms with Crippen LogP contribution in [0.1, 0.15) is 18.9 Å². The molecule has 2 rings (SSSR count). The van der Waals surface area contributed by atoms with Crippen molar-refractivity contribution in [2.75, 3.05) is 18.5 Å². The van der Waals surface area contributed by atoms with Crippen molar-refractivity contribution in [2.24, 2.45) is 0 Å². The number of hydrogen-bond acceptors (Lipinski definition) is 4. The molecule has 8 heteroatoms. The number of rotatable bonds is 5. The van der Waals surface area contributed by atoms with Gasteiger partial charge >= 0.3 is 12.3 Å². The predicted molar refractivity (Wildman–Crippen MR) is 77.0 cm³/mol. The lowest BCUT2D eigenvalue weighted by molar-refractivity contribution is -0.153. The van der Waals surface area contributed by atoms with Crippen LogP contribution < -0.4 is 5.32 Å². The normalized spacial score (nSPS) is 16.2. The SMILES string of the molecule is CCc1ccc(N[C@@H](CC(=O)N2CCOC2=O)C(F)(F)F)cc1. The molecule has 1 aliphatic rings. The lowest BCUT2D eigenvalue weighted by Gasteiger charge is -2.23. The predicted octanol–water partition coefficient (Wildman–Crippen LogP) is 2.96. The minimum Gasteiger partial charge on any atom is -0.447 e. The summed E-state index contributed by atoms with van der Waals surface area (Å²) >= 11 is 0. The first kappa shape index (κ1) is 17.1. The van der Waals surface area contributed by atoms with Crippen LogP contribution in [0, 0.1) is 0 Å². The number of benzene rings is 1. The van der Waals surface area contributed by atoms with Crippen molar-refractivity contribution in [3.8, 4) is 0 Å². The largest absolute Gasteiger partial charge is 0.447 e. The van der Waals surface area contributed by atoms with Crippen molar-refractivity contribution in [1.82, 2.24) is 4.90 Å². The van der Waals surface area contributed by atoms with Crippen LogP contribution in [-0.2, 0) is 16.0 Å². The van der Waals surface area contributed by atoms with Gasteiger partial charge in [-0.15, -0.1) is 0 Å². The van der Waals surface area contributed by atoms with Crippen molar-refractivity contribution in [3.05, 3.63) is 29.8 Å². The molecule has 0 spiro atoms. The molecule has 0 unspecified atom stereocenters. The summed E-state index contributed by atoms with van der Waals surface area (Å²) in [5.74, 6) is -0.910. The number of amides is 2. The molecular weight excluding hydrogens is 313 g/mol. The van der Waals surface area contributed by atoms with E-state index >= 15 is 0 Å². The molecule has 1 N–H and O–H groups in total. The average molecular weight is 330 g/mol. The number of cyclic esters (lactones) is 1. The monoisotopic (exact) mass is 330 g/mol. The molecular formula is C15H17F3N2O3. The van der Waals surface area contributed by atoms with Gasteiger partial charge in [0.05, 0.1) is 13.0 Å². The van der Waals surface area contributed by atoms with Crippen LogP contribution in [0.5, 0.6) is 0 Å². The van der Waals surface area contributed by atoms with Gasteiger partial charge in [-0.1, -0.05) is 19.1 Å². The van der Waals surface area contributed by atoms with Gasteiger partial charge in [-0.05, 0) is 24.1 Å². The summed E-state index contributed by atoms with van der Waals surface area (Å²) in [6, 6.07) is 4.43. The molecule has 5 nitrogen and oxygen atoms in total. The second kappa shape index (κ2) is 6.89. The average Bonchev–Trinajstić information content (AvgIpc) is 2.92. The van der Waals surface area contributed by atoms with E-state index in [1.54, 1.807) is 12.1 Å². The number of halogens is 3. The van der Waals surface area contributed by atoms with E-state index in [9.17, 15) is 22.8 Å². The first-order valence-corrected chi connectivity index (χ1v) is 7.20. The number of nitrogens with one attached hydrogen (secondary N) is 1. The van der Waals surface area contributed by atoms with E-state index in [0.717, 1.165) is 12.0 Å². The van der Waals surface area contributed by atoms with E-state index in [1.807, 2.05) is 6.92 Å². The third kappa shape index (κ3) is 4.37. The summed E-state index contributed by atoms with van der Waals surface area (Å²) in [6.45, 7) is 1.93. The summed E-state index contributed by atoms with van der Waals surface area (Å²) in [5.41, 5.74) is 1.26.